The normalized spacial score (nSPS) is 24.7. The van der Waals surface area contributed by atoms with E-state index < -0.39 is 28.2 Å². The van der Waals surface area contributed by atoms with Crippen molar-refractivity contribution in [1.82, 2.24) is 9.62 Å². The molecule has 2 heterocycles. The molecule has 1 amide bonds. The molecule has 1 spiro atoms. The number of aliphatic imine (C=N–C) groups is 1. The van der Waals surface area contributed by atoms with Gasteiger partial charge in [0.25, 0.3) is 5.91 Å². The number of benzene rings is 1. The molecule has 0 unspecified atom stereocenters. The predicted molar refractivity (Wildman–Crippen MR) is 140 cm³/mol. The summed E-state index contributed by atoms with van der Waals surface area (Å²) in [6.45, 7) is 3.99. The minimum Gasteiger partial charge on any atom is -0.392 e. The summed E-state index contributed by atoms with van der Waals surface area (Å²) >= 11 is 0. The topological polar surface area (TPSA) is 99.1 Å². The first-order chi connectivity index (χ1) is 17.8. The zero-order chi connectivity index (χ0) is 27.7. The Labute approximate surface area is 222 Å². The number of nitrogens with one attached hydrogen (secondary N) is 1. The number of piperidine rings is 1. The molecule has 1 aliphatic carbocycles. The highest BCUT2D eigenvalue weighted by atomic mass is 32.2. The maximum atomic E-state index is 13.0. The molecule has 0 aromatic heterocycles. The van der Waals surface area contributed by atoms with Crippen molar-refractivity contribution < 1.29 is 31.5 Å². The first-order valence-corrected chi connectivity index (χ1v) is 14.7. The van der Waals surface area contributed by atoms with Gasteiger partial charge in [-0.05, 0) is 93.0 Å². The lowest BCUT2D eigenvalue weighted by atomic mass is 9.79. The van der Waals surface area contributed by atoms with Crippen molar-refractivity contribution in [2.75, 3.05) is 13.1 Å². The van der Waals surface area contributed by atoms with Crippen LogP contribution in [0.1, 0.15) is 73.6 Å². The van der Waals surface area contributed by atoms with Crippen molar-refractivity contribution >= 4 is 27.8 Å². The molecule has 1 saturated carbocycles. The molecule has 0 bridgehead atoms. The van der Waals surface area contributed by atoms with E-state index in [9.17, 15) is 31.5 Å². The van der Waals surface area contributed by atoms with Gasteiger partial charge in [-0.15, -0.1) is 0 Å². The van der Waals surface area contributed by atoms with Gasteiger partial charge in [0.15, 0.2) is 0 Å². The summed E-state index contributed by atoms with van der Waals surface area (Å²) in [4.78, 5) is 17.7. The second kappa shape index (κ2) is 11.1. The summed E-state index contributed by atoms with van der Waals surface area (Å²) in [6.07, 6.45) is 0.147. The van der Waals surface area contributed by atoms with Crippen LogP contribution in [-0.2, 0) is 21.4 Å². The third kappa shape index (κ3) is 6.48. The molecule has 2 aliphatic heterocycles. The summed E-state index contributed by atoms with van der Waals surface area (Å²) < 4.78 is 65.1. The van der Waals surface area contributed by atoms with Crippen LogP contribution in [0.4, 0.5) is 13.2 Å². The molecule has 38 heavy (non-hydrogen) atoms. The number of aliphatic hydroxyl groups is 1. The summed E-state index contributed by atoms with van der Waals surface area (Å²) in [6, 6.07) is 3.65. The van der Waals surface area contributed by atoms with Crippen LogP contribution in [0.15, 0.2) is 22.5 Å². The Kier molecular flexibility index (Phi) is 8.40. The van der Waals surface area contributed by atoms with Crippen LogP contribution in [0.25, 0.3) is 6.08 Å². The van der Waals surface area contributed by atoms with Gasteiger partial charge in [0.05, 0.1) is 6.61 Å². The van der Waals surface area contributed by atoms with Crippen LogP contribution in [0, 0.1) is 25.7 Å². The van der Waals surface area contributed by atoms with Gasteiger partial charge in [0.2, 0.25) is 10.0 Å². The molecular formula is C27H36F3N3O4S. The van der Waals surface area contributed by atoms with Gasteiger partial charge in [-0.25, -0.2) is 8.42 Å². The Morgan fingerprint density at radius 3 is 2.29 bits per heavy atom. The monoisotopic (exact) mass is 555 g/mol. The minimum absolute atomic E-state index is 0.0221. The number of amidine groups is 1. The summed E-state index contributed by atoms with van der Waals surface area (Å²) in [5, 5.41) is 13.5. The van der Waals surface area contributed by atoms with E-state index in [4.69, 9.17) is 4.99 Å². The minimum atomic E-state index is -4.13. The molecule has 2 fully saturated rings. The number of hydrogen-bond acceptors (Lipinski definition) is 5. The second-order valence-electron chi connectivity index (χ2n) is 10.9. The van der Waals surface area contributed by atoms with Gasteiger partial charge in [-0.1, -0.05) is 12.1 Å². The van der Waals surface area contributed by atoms with Crippen LogP contribution in [0.2, 0.25) is 0 Å². The number of alkyl halides is 3. The molecule has 11 heteroatoms. The van der Waals surface area contributed by atoms with Crippen LogP contribution in [0.5, 0.6) is 0 Å². The number of aliphatic hydroxyl groups excluding tert-OH is 1. The van der Waals surface area contributed by atoms with Crippen molar-refractivity contribution in [2.24, 2.45) is 16.8 Å². The van der Waals surface area contributed by atoms with Crippen molar-refractivity contribution in [2.45, 2.75) is 83.5 Å². The number of sulfonamides is 1. The predicted octanol–water partition coefficient (Wildman–Crippen LogP) is 4.61. The van der Waals surface area contributed by atoms with Gasteiger partial charge in [-0.2, -0.15) is 17.5 Å². The molecule has 1 saturated heterocycles. The van der Waals surface area contributed by atoms with Gasteiger partial charge >= 0.3 is 6.18 Å². The number of halogens is 3. The standard InChI is InChI=1S/C27H36F3N3O4S/c1-18-15-21(17-34)16-19(2)23(18)8-14-38(36,37)33-12-10-26(11-13-33)25(35)31-24(32-26)22-5-3-20(4-6-22)7-9-27(28,29)30/h8,14-16,20,22,34H,3-7,9-13,17H2,1-2H3,(H,31,32,35). The van der Waals surface area contributed by atoms with Crippen LogP contribution in [0.3, 0.4) is 0 Å². The highest BCUT2D eigenvalue weighted by Gasteiger charge is 2.48. The molecule has 2 N–H and O–H groups in total. The molecular weight excluding hydrogens is 519 g/mol. The molecule has 0 atom stereocenters. The van der Waals surface area contributed by atoms with Gasteiger partial charge in [0.1, 0.15) is 11.4 Å². The van der Waals surface area contributed by atoms with E-state index in [1.807, 2.05) is 26.0 Å². The molecule has 1 aromatic carbocycles. The van der Waals surface area contributed by atoms with E-state index in [1.165, 1.54) is 9.71 Å². The van der Waals surface area contributed by atoms with Gasteiger partial charge < -0.3 is 10.4 Å². The molecule has 3 aliphatic rings. The van der Waals surface area contributed by atoms with Crippen molar-refractivity contribution in [3.8, 4) is 0 Å². The van der Waals surface area contributed by atoms with E-state index in [0.717, 1.165) is 22.3 Å². The zero-order valence-electron chi connectivity index (χ0n) is 21.9. The SMILES string of the molecule is Cc1cc(CO)cc(C)c1C=CS(=O)(=O)N1CCC2(CC1)N=C(C1CCC(CCC(F)(F)F)CC1)NC2=O. The fourth-order valence-corrected chi connectivity index (χ4v) is 7.11. The number of hydrogen-bond donors (Lipinski definition) is 2. The van der Waals surface area contributed by atoms with Crippen molar-refractivity contribution in [1.29, 1.82) is 0 Å². The number of rotatable bonds is 7. The third-order valence-electron chi connectivity index (χ3n) is 8.22. The highest BCUT2D eigenvalue weighted by Crippen LogP contribution is 2.38. The van der Waals surface area contributed by atoms with Crippen LogP contribution >= 0.6 is 0 Å². The first-order valence-electron chi connectivity index (χ1n) is 13.2. The average Bonchev–Trinajstić information content (AvgIpc) is 3.17. The number of carbonyl (C=O) groups is 1. The molecule has 210 valence electrons. The van der Waals surface area contributed by atoms with E-state index in [-0.39, 0.29) is 56.7 Å². The number of nitrogens with zero attached hydrogens (tertiary/aromatic N) is 2. The van der Waals surface area contributed by atoms with Crippen molar-refractivity contribution in [3.63, 3.8) is 0 Å². The summed E-state index contributed by atoms with van der Waals surface area (Å²) in [5.41, 5.74) is 2.32. The second-order valence-corrected chi connectivity index (χ2v) is 12.7. The highest BCUT2D eigenvalue weighted by molar-refractivity contribution is 7.92. The third-order valence-corrected chi connectivity index (χ3v) is 9.79. The maximum Gasteiger partial charge on any atom is 0.389 e. The summed E-state index contributed by atoms with van der Waals surface area (Å²) in [5.74, 6) is 0.461. The molecule has 7 nitrogen and oxygen atoms in total. The largest absolute Gasteiger partial charge is 0.392 e. The molecule has 4 rings (SSSR count). The fourth-order valence-electron chi connectivity index (χ4n) is 5.94. The number of aryl methyl sites for hydroxylation is 2. The van der Waals surface area contributed by atoms with E-state index >= 15 is 0 Å². The van der Waals surface area contributed by atoms with E-state index in [0.29, 0.717) is 31.5 Å². The van der Waals surface area contributed by atoms with Crippen LogP contribution < -0.4 is 5.32 Å². The molecule has 1 aromatic rings. The van der Waals surface area contributed by atoms with E-state index in [2.05, 4.69) is 5.32 Å². The maximum absolute atomic E-state index is 13.0. The molecule has 0 radical (unpaired) electrons. The average molecular weight is 556 g/mol. The van der Waals surface area contributed by atoms with Crippen molar-refractivity contribution in [3.05, 3.63) is 39.8 Å². The fraction of sp³-hybridized carbons (Fsp3) is 0.630. The summed E-state index contributed by atoms with van der Waals surface area (Å²) in [7, 11) is -3.71. The Morgan fingerprint density at radius 2 is 1.74 bits per heavy atom. The van der Waals surface area contributed by atoms with E-state index in [1.54, 1.807) is 6.08 Å². The first kappa shape index (κ1) is 28.8. The number of amides is 1. The van der Waals surface area contributed by atoms with Crippen LogP contribution in [-0.4, -0.2) is 54.4 Å². The Hall–Kier alpha value is -2.24. The smallest absolute Gasteiger partial charge is 0.389 e. The van der Waals surface area contributed by atoms with Gasteiger partial charge in [0, 0.05) is 30.8 Å². The Balaban J connectivity index is 1.36. The van der Waals surface area contributed by atoms with Gasteiger partial charge in [-0.3, -0.25) is 9.79 Å². The lowest BCUT2D eigenvalue weighted by Crippen LogP contribution is -2.50. The zero-order valence-corrected chi connectivity index (χ0v) is 22.7. The number of carbonyl (C=O) groups excluding carboxylic acids is 1. The Bertz CT molecular complexity index is 1190. The lowest BCUT2D eigenvalue weighted by Gasteiger charge is -2.34. The quantitative estimate of drug-likeness (QED) is 0.514. The lowest BCUT2D eigenvalue weighted by molar-refractivity contribution is -0.138. The Morgan fingerprint density at radius 1 is 1.13 bits per heavy atom.